The normalized spacial score (nSPS) is 12.5. The molecule has 0 bridgehead atoms. The Hall–Kier alpha value is -0.660. The summed E-state index contributed by atoms with van der Waals surface area (Å²) < 4.78 is 0. The van der Waals surface area contributed by atoms with Gasteiger partial charge in [-0.15, -0.1) is 0 Å². The van der Waals surface area contributed by atoms with Crippen LogP contribution in [0.15, 0.2) is 9.98 Å². The number of nitrogens with zero attached hydrogens (tertiary/aromatic N) is 2. The van der Waals surface area contributed by atoms with Gasteiger partial charge in [0.15, 0.2) is 0 Å². The summed E-state index contributed by atoms with van der Waals surface area (Å²) in [5.74, 6) is 0. The van der Waals surface area contributed by atoms with Crippen LogP contribution in [0.5, 0.6) is 0 Å². The zero-order chi connectivity index (χ0) is 6.41. The fraction of sp³-hybridized carbons (Fsp3) is 0.667. The highest BCUT2D eigenvalue weighted by molar-refractivity contribution is 6.15. The Morgan fingerprint density at radius 1 is 1.25 bits per heavy atom. The Labute approximate surface area is 50.4 Å². The average molecular weight is 112 g/mol. The van der Waals surface area contributed by atoms with Crippen molar-refractivity contribution in [2.75, 3.05) is 7.05 Å². The third-order valence-electron chi connectivity index (χ3n) is 0.600. The highest BCUT2D eigenvalue weighted by atomic mass is 14.8. The summed E-state index contributed by atoms with van der Waals surface area (Å²) in [5, 5.41) is 0. The lowest BCUT2D eigenvalue weighted by atomic mass is 10.4. The molecule has 2 nitrogen and oxygen atoms in total. The minimum Gasteiger partial charge on any atom is -0.295 e. The molecular weight excluding hydrogens is 100 g/mol. The summed E-state index contributed by atoms with van der Waals surface area (Å²) >= 11 is 0. The van der Waals surface area contributed by atoms with Gasteiger partial charge in [-0.05, 0) is 13.8 Å². The smallest absolute Gasteiger partial charge is 0.0443 e. The molecule has 0 saturated heterocycles. The van der Waals surface area contributed by atoms with Crippen molar-refractivity contribution in [1.82, 2.24) is 0 Å². The maximum atomic E-state index is 4.04. The van der Waals surface area contributed by atoms with Crippen LogP contribution in [0, 0.1) is 0 Å². The van der Waals surface area contributed by atoms with Gasteiger partial charge in [-0.2, -0.15) is 0 Å². The summed E-state index contributed by atoms with van der Waals surface area (Å²) in [4.78, 5) is 7.77. The molecule has 0 atom stereocenters. The lowest BCUT2D eigenvalue weighted by Gasteiger charge is -1.88. The summed E-state index contributed by atoms with van der Waals surface area (Å²) in [5.41, 5.74) is 0. The van der Waals surface area contributed by atoms with Gasteiger partial charge in [0.05, 0.1) is 0 Å². The molecule has 0 radical (unpaired) electrons. The third kappa shape index (κ3) is 5.34. The molecule has 0 spiro atoms. The second kappa shape index (κ2) is 4.50. The van der Waals surface area contributed by atoms with E-state index in [4.69, 9.17) is 0 Å². The van der Waals surface area contributed by atoms with Crippen LogP contribution >= 0.6 is 0 Å². The second-order valence-corrected chi connectivity index (χ2v) is 1.80. The van der Waals surface area contributed by atoms with E-state index in [0.717, 1.165) is 0 Å². The van der Waals surface area contributed by atoms with E-state index in [1.165, 1.54) is 0 Å². The molecule has 0 unspecified atom stereocenters. The fourth-order valence-electron chi connectivity index (χ4n) is 0.277. The van der Waals surface area contributed by atoms with Crippen molar-refractivity contribution >= 4 is 12.4 Å². The van der Waals surface area contributed by atoms with Crippen molar-refractivity contribution in [3.8, 4) is 0 Å². The first kappa shape index (κ1) is 7.34. The Balaban J connectivity index is 3.34. The first-order chi connectivity index (χ1) is 3.77. The summed E-state index contributed by atoms with van der Waals surface area (Å²) in [6, 6.07) is 0.382. The maximum Gasteiger partial charge on any atom is 0.0443 e. The molecule has 0 saturated carbocycles. The first-order valence-corrected chi connectivity index (χ1v) is 2.71. The van der Waals surface area contributed by atoms with Crippen LogP contribution in [0.3, 0.4) is 0 Å². The van der Waals surface area contributed by atoms with Crippen molar-refractivity contribution < 1.29 is 0 Å². The minimum atomic E-state index is 0.382. The summed E-state index contributed by atoms with van der Waals surface area (Å²) in [6.07, 6.45) is 3.39. The molecule has 0 aliphatic carbocycles. The lowest BCUT2D eigenvalue weighted by molar-refractivity contribution is 0.843. The van der Waals surface area contributed by atoms with Gasteiger partial charge < -0.3 is 0 Å². The molecule has 2 heteroatoms. The van der Waals surface area contributed by atoms with E-state index >= 15 is 0 Å². The number of rotatable bonds is 2. The van der Waals surface area contributed by atoms with Gasteiger partial charge in [0, 0.05) is 25.5 Å². The maximum absolute atomic E-state index is 4.04. The van der Waals surface area contributed by atoms with Crippen molar-refractivity contribution in [1.29, 1.82) is 0 Å². The standard InChI is InChI=1S/C6H12N2/c1-6(2)8-5-4-7-3/h4-6H,1-3H3/b7-4-,8-5-. The van der Waals surface area contributed by atoms with E-state index in [0.29, 0.717) is 6.04 Å². The Kier molecular flexibility index (Phi) is 4.13. The predicted octanol–water partition coefficient (Wildman–Crippen LogP) is 1.17. The van der Waals surface area contributed by atoms with E-state index in [-0.39, 0.29) is 0 Å². The van der Waals surface area contributed by atoms with Crippen molar-refractivity contribution in [2.45, 2.75) is 19.9 Å². The molecule has 8 heavy (non-hydrogen) atoms. The largest absolute Gasteiger partial charge is 0.295 e. The van der Waals surface area contributed by atoms with Crippen molar-refractivity contribution in [2.24, 2.45) is 9.98 Å². The Bertz CT molecular complexity index is 92.7. The molecule has 0 aromatic carbocycles. The lowest BCUT2D eigenvalue weighted by Crippen LogP contribution is -1.88. The van der Waals surface area contributed by atoms with E-state index in [2.05, 4.69) is 9.98 Å². The number of hydrogen-bond acceptors (Lipinski definition) is 2. The zero-order valence-corrected chi connectivity index (χ0v) is 5.63. The topological polar surface area (TPSA) is 24.7 Å². The minimum absolute atomic E-state index is 0.382. The quantitative estimate of drug-likeness (QED) is 0.479. The van der Waals surface area contributed by atoms with Crippen LogP contribution in [0.2, 0.25) is 0 Å². The van der Waals surface area contributed by atoms with E-state index < -0.39 is 0 Å². The molecule has 0 rings (SSSR count). The van der Waals surface area contributed by atoms with Crippen LogP contribution in [-0.2, 0) is 0 Å². The highest BCUT2D eigenvalue weighted by Gasteiger charge is 1.78. The molecule has 0 amide bonds. The van der Waals surface area contributed by atoms with Gasteiger partial charge in [0.25, 0.3) is 0 Å². The van der Waals surface area contributed by atoms with Gasteiger partial charge in [0.1, 0.15) is 0 Å². The molecule has 46 valence electrons. The molecule has 0 heterocycles. The number of aliphatic imine (C=N–C) groups is 2. The third-order valence-corrected chi connectivity index (χ3v) is 0.600. The Morgan fingerprint density at radius 3 is 2.25 bits per heavy atom. The van der Waals surface area contributed by atoms with Gasteiger partial charge in [-0.1, -0.05) is 0 Å². The van der Waals surface area contributed by atoms with Crippen LogP contribution in [0.25, 0.3) is 0 Å². The second-order valence-electron chi connectivity index (χ2n) is 1.80. The van der Waals surface area contributed by atoms with Crippen LogP contribution in [-0.4, -0.2) is 25.5 Å². The van der Waals surface area contributed by atoms with Crippen LogP contribution in [0.1, 0.15) is 13.8 Å². The fourth-order valence-corrected chi connectivity index (χ4v) is 0.277. The Morgan fingerprint density at radius 2 is 1.88 bits per heavy atom. The molecule has 0 aliphatic heterocycles. The molecular formula is C6H12N2. The SMILES string of the molecule is C/N=C\C=N/C(C)C. The van der Waals surface area contributed by atoms with E-state index in [1.54, 1.807) is 19.5 Å². The summed E-state index contributed by atoms with van der Waals surface area (Å²) in [6.45, 7) is 4.06. The van der Waals surface area contributed by atoms with Crippen LogP contribution < -0.4 is 0 Å². The van der Waals surface area contributed by atoms with Gasteiger partial charge in [-0.3, -0.25) is 9.98 Å². The van der Waals surface area contributed by atoms with Crippen molar-refractivity contribution in [3.63, 3.8) is 0 Å². The van der Waals surface area contributed by atoms with E-state index in [1.807, 2.05) is 13.8 Å². The zero-order valence-electron chi connectivity index (χ0n) is 5.63. The monoisotopic (exact) mass is 112 g/mol. The summed E-state index contributed by atoms with van der Waals surface area (Å²) in [7, 11) is 1.73. The molecule has 0 aromatic heterocycles. The van der Waals surface area contributed by atoms with E-state index in [9.17, 15) is 0 Å². The molecule has 0 aromatic rings. The van der Waals surface area contributed by atoms with Crippen molar-refractivity contribution in [3.05, 3.63) is 0 Å². The van der Waals surface area contributed by atoms with Crippen LogP contribution in [0.4, 0.5) is 0 Å². The molecule has 0 fully saturated rings. The predicted molar refractivity (Wildman–Crippen MR) is 38.0 cm³/mol. The number of hydrogen-bond donors (Lipinski definition) is 0. The average Bonchev–Trinajstić information content (AvgIpc) is 1.66. The molecule has 0 aliphatic rings. The first-order valence-electron chi connectivity index (χ1n) is 2.71. The van der Waals surface area contributed by atoms with Gasteiger partial charge >= 0.3 is 0 Å². The van der Waals surface area contributed by atoms with Gasteiger partial charge in [-0.25, -0.2) is 0 Å². The molecule has 0 N–H and O–H groups in total. The van der Waals surface area contributed by atoms with Gasteiger partial charge in [0.2, 0.25) is 0 Å². The highest BCUT2D eigenvalue weighted by Crippen LogP contribution is 1.80.